The molecule has 1 aromatic carbocycles. The van der Waals surface area contributed by atoms with Crippen LogP contribution < -0.4 is 4.74 Å². The highest BCUT2D eigenvalue weighted by Gasteiger charge is 2.17. The molecular weight excluding hydrogens is 320 g/mol. The second kappa shape index (κ2) is 9.70. The van der Waals surface area contributed by atoms with Gasteiger partial charge >= 0.3 is 0 Å². The van der Waals surface area contributed by atoms with Crippen LogP contribution >= 0.6 is 0 Å². The third-order valence-electron chi connectivity index (χ3n) is 5.28. The van der Waals surface area contributed by atoms with Gasteiger partial charge in [-0.2, -0.15) is 0 Å². The van der Waals surface area contributed by atoms with E-state index in [0.29, 0.717) is 0 Å². The Labute approximate surface area is 158 Å². The summed E-state index contributed by atoms with van der Waals surface area (Å²) in [5.41, 5.74) is 3.63. The van der Waals surface area contributed by atoms with Crippen molar-refractivity contribution in [2.24, 2.45) is 5.92 Å². The lowest BCUT2D eigenvalue weighted by atomic mass is 9.89. The van der Waals surface area contributed by atoms with Crippen LogP contribution in [0.5, 0.6) is 5.75 Å². The maximum atomic E-state index is 5.86. The van der Waals surface area contributed by atoms with Crippen molar-refractivity contribution in [2.75, 3.05) is 6.61 Å². The Morgan fingerprint density at radius 3 is 2.62 bits per heavy atom. The fraction of sp³-hybridized carbons (Fsp3) is 0.565. The van der Waals surface area contributed by atoms with Crippen molar-refractivity contribution in [3.63, 3.8) is 0 Å². The molecule has 1 atom stereocenters. The summed E-state index contributed by atoms with van der Waals surface area (Å²) in [6, 6.07) is 8.22. The van der Waals surface area contributed by atoms with E-state index in [0.717, 1.165) is 48.9 Å². The zero-order valence-corrected chi connectivity index (χ0v) is 16.3. The van der Waals surface area contributed by atoms with Gasteiger partial charge in [-0.05, 0) is 61.4 Å². The minimum atomic E-state index is 0.750. The maximum absolute atomic E-state index is 5.86. The van der Waals surface area contributed by atoms with Crippen molar-refractivity contribution in [3.05, 3.63) is 41.7 Å². The standard InChI is InChI=1S/C23H32N2O/c1-3-4-5-6-7-8-15-26-21-12-10-19(11-13-21)23-24-17-20-16-18(2)9-14-22(20)25-23/h10-13,17-18H,3-9,14-16H2,1-2H3. The molecule has 1 aliphatic carbocycles. The smallest absolute Gasteiger partial charge is 0.159 e. The topological polar surface area (TPSA) is 35.0 Å². The number of hydrogen-bond acceptors (Lipinski definition) is 3. The van der Waals surface area contributed by atoms with Crippen LogP contribution in [-0.4, -0.2) is 16.6 Å². The van der Waals surface area contributed by atoms with Crippen molar-refractivity contribution in [2.45, 2.75) is 71.6 Å². The van der Waals surface area contributed by atoms with Crippen molar-refractivity contribution >= 4 is 0 Å². The summed E-state index contributed by atoms with van der Waals surface area (Å²) in [5, 5.41) is 0. The van der Waals surface area contributed by atoms with Crippen molar-refractivity contribution in [3.8, 4) is 17.1 Å². The summed E-state index contributed by atoms with van der Waals surface area (Å²) >= 11 is 0. The molecule has 140 valence electrons. The second-order valence-electron chi connectivity index (χ2n) is 7.65. The summed E-state index contributed by atoms with van der Waals surface area (Å²) in [6.45, 7) is 5.36. The van der Waals surface area contributed by atoms with E-state index in [1.54, 1.807) is 0 Å². The third-order valence-corrected chi connectivity index (χ3v) is 5.28. The number of aromatic nitrogens is 2. The number of nitrogens with zero attached hydrogens (tertiary/aromatic N) is 2. The molecule has 0 spiro atoms. The number of ether oxygens (including phenoxy) is 1. The predicted molar refractivity (Wildman–Crippen MR) is 108 cm³/mol. The molecule has 2 aromatic rings. The second-order valence-corrected chi connectivity index (χ2v) is 7.65. The molecule has 1 heterocycles. The van der Waals surface area contributed by atoms with Crippen LogP contribution in [0.1, 0.15) is 70.1 Å². The Morgan fingerprint density at radius 1 is 1.04 bits per heavy atom. The first kappa shape index (κ1) is 18.9. The van der Waals surface area contributed by atoms with E-state index in [2.05, 4.69) is 31.0 Å². The Hall–Kier alpha value is -1.90. The summed E-state index contributed by atoms with van der Waals surface area (Å²) in [4.78, 5) is 9.39. The van der Waals surface area contributed by atoms with E-state index in [1.807, 2.05) is 18.3 Å². The monoisotopic (exact) mass is 352 g/mol. The number of unbranched alkanes of at least 4 members (excludes halogenated alkanes) is 5. The van der Waals surface area contributed by atoms with Crippen LogP contribution in [0, 0.1) is 5.92 Å². The SMILES string of the molecule is CCCCCCCCOc1ccc(-c2ncc3c(n2)CCC(C)C3)cc1. The van der Waals surface area contributed by atoms with Gasteiger partial charge in [0.1, 0.15) is 5.75 Å². The fourth-order valence-electron chi connectivity index (χ4n) is 3.60. The highest BCUT2D eigenvalue weighted by molar-refractivity contribution is 5.56. The predicted octanol–water partition coefficient (Wildman–Crippen LogP) is 6.01. The van der Waals surface area contributed by atoms with Gasteiger partial charge in [0, 0.05) is 17.5 Å². The van der Waals surface area contributed by atoms with Gasteiger partial charge in [0.05, 0.1) is 6.61 Å². The number of rotatable bonds is 9. The maximum Gasteiger partial charge on any atom is 0.159 e. The van der Waals surface area contributed by atoms with Gasteiger partial charge in [-0.15, -0.1) is 0 Å². The molecule has 26 heavy (non-hydrogen) atoms. The Morgan fingerprint density at radius 2 is 1.81 bits per heavy atom. The molecule has 3 rings (SSSR count). The minimum Gasteiger partial charge on any atom is -0.494 e. The van der Waals surface area contributed by atoms with Gasteiger partial charge < -0.3 is 4.74 Å². The van der Waals surface area contributed by atoms with Crippen LogP contribution in [0.15, 0.2) is 30.5 Å². The van der Waals surface area contributed by atoms with E-state index in [1.165, 1.54) is 49.8 Å². The first-order valence-electron chi connectivity index (χ1n) is 10.3. The summed E-state index contributed by atoms with van der Waals surface area (Å²) in [6.07, 6.45) is 13.2. The molecule has 0 fully saturated rings. The molecule has 1 aromatic heterocycles. The van der Waals surface area contributed by atoms with E-state index < -0.39 is 0 Å². The highest BCUT2D eigenvalue weighted by Crippen LogP contribution is 2.26. The molecule has 1 unspecified atom stereocenters. The zero-order chi connectivity index (χ0) is 18.2. The van der Waals surface area contributed by atoms with Crippen molar-refractivity contribution in [1.29, 1.82) is 0 Å². The number of hydrogen-bond donors (Lipinski definition) is 0. The average molecular weight is 353 g/mol. The van der Waals surface area contributed by atoms with Crippen LogP contribution in [0.2, 0.25) is 0 Å². The van der Waals surface area contributed by atoms with Crippen LogP contribution in [0.4, 0.5) is 0 Å². The largest absolute Gasteiger partial charge is 0.494 e. The highest BCUT2D eigenvalue weighted by atomic mass is 16.5. The summed E-state index contributed by atoms with van der Waals surface area (Å²) in [5.74, 6) is 2.52. The van der Waals surface area contributed by atoms with Gasteiger partial charge in [0.2, 0.25) is 0 Å². The minimum absolute atomic E-state index is 0.750. The molecule has 0 amide bonds. The molecule has 0 radical (unpaired) electrons. The van der Waals surface area contributed by atoms with E-state index in [-0.39, 0.29) is 0 Å². The summed E-state index contributed by atoms with van der Waals surface area (Å²) in [7, 11) is 0. The Bertz CT molecular complexity index is 681. The molecule has 3 nitrogen and oxygen atoms in total. The normalized spacial score (nSPS) is 16.3. The number of fused-ring (bicyclic) bond motifs is 1. The summed E-state index contributed by atoms with van der Waals surface area (Å²) < 4.78 is 5.86. The van der Waals surface area contributed by atoms with Crippen LogP contribution in [-0.2, 0) is 12.8 Å². The molecule has 0 aliphatic heterocycles. The third kappa shape index (κ3) is 5.30. The quantitative estimate of drug-likeness (QED) is 0.519. The van der Waals surface area contributed by atoms with Gasteiger partial charge in [0.25, 0.3) is 0 Å². The molecule has 3 heteroatoms. The lowest BCUT2D eigenvalue weighted by molar-refractivity contribution is 0.304. The van der Waals surface area contributed by atoms with Crippen molar-refractivity contribution in [1.82, 2.24) is 9.97 Å². The first-order valence-corrected chi connectivity index (χ1v) is 10.3. The van der Waals surface area contributed by atoms with E-state index >= 15 is 0 Å². The van der Waals surface area contributed by atoms with Crippen LogP contribution in [0.25, 0.3) is 11.4 Å². The Kier molecular flexibility index (Phi) is 7.04. The number of benzene rings is 1. The molecule has 0 saturated carbocycles. The zero-order valence-electron chi connectivity index (χ0n) is 16.3. The fourth-order valence-corrected chi connectivity index (χ4v) is 3.60. The van der Waals surface area contributed by atoms with Gasteiger partial charge in [-0.1, -0.05) is 46.0 Å². The molecular formula is C23H32N2O. The average Bonchev–Trinajstić information content (AvgIpc) is 2.67. The molecule has 0 saturated heterocycles. The van der Waals surface area contributed by atoms with Crippen molar-refractivity contribution < 1.29 is 4.74 Å². The lowest BCUT2D eigenvalue weighted by Crippen LogP contribution is -2.14. The number of aryl methyl sites for hydroxylation is 1. The van der Waals surface area contributed by atoms with Gasteiger partial charge in [-0.25, -0.2) is 9.97 Å². The van der Waals surface area contributed by atoms with Gasteiger partial charge in [0.15, 0.2) is 5.82 Å². The van der Waals surface area contributed by atoms with Gasteiger partial charge in [-0.3, -0.25) is 0 Å². The first-order chi connectivity index (χ1) is 12.8. The molecule has 0 bridgehead atoms. The molecule has 1 aliphatic rings. The molecule has 0 N–H and O–H groups in total. The van der Waals surface area contributed by atoms with E-state index in [4.69, 9.17) is 9.72 Å². The Balaban J connectivity index is 1.50. The van der Waals surface area contributed by atoms with E-state index in [9.17, 15) is 0 Å². The van der Waals surface area contributed by atoms with Crippen LogP contribution in [0.3, 0.4) is 0 Å². The lowest BCUT2D eigenvalue weighted by Gasteiger charge is -2.20.